The minimum Gasteiger partial charge on any atom is -0.494 e. The highest BCUT2D eigenvalue weighted by atomic mass is 35.5. The summed E-state index contributed by atoms with van der Waals surface area (Å²) in [4.78, 5) is 21.4. The molecule has 0 fully saturated rings. The van der Waals surface area contributed by atoms with Crippen molar-refractivity contribution < 1.29 is 4.74 Å². The second-order valence-electron chi connectivity index (χ2n) is 6.86. The van der Waals surface area contributed by atoms with Gasteiger partial charge in [0, 0.05) is 21.5 Å². The van der Waals surface area contributed by atoms with Crippen molar-refractivity contribution in [3.05, 3.63) is 82.1 Å². The smallest absolute Gasteiger partial charge is 0.263 e. The Labute approximate surface area is 191 Å². The van der Waals surface area contributed by atoms with Gasteiger partial charge in [0.05, 0.1) is 21.7 Å². The number of ether oxygens (including phenoxy) is 1. The maximum Gasteiger partial charge on any atom is 0.263 e. The van der Waals surface area contributed by atoms with Crippen molar-refractivity contribution in [3.8, 4) is 16.9 Å². The van der Waals surface area contributed by atoms with Crippen LogP contribution in [-0.2, 0) is 0 Å². The van der Waals surface area contributed by atoms with Crippen molar-refractivity contribution in [1.29, 1.82) is 0 Å². The second kappa shape index (κ2) is 8.38. The number of H-pyrrole nitrogens is 1. The monoisotopic (exact) mass is 464 g/mol. The molecule has 0 radical (unpaired) electrons. The normalized spacial score (nSPS) is 11.3. The summed E-state index contributed by atoms with van der Waals surface area (Å²) in [5, 5.41) is 1.52. The third-order valence-electron chi connectivity index (χ3n) is 4.84. The molecule has 3 aromatic carbocycles. The van der Waals surface area contributed by atoms with E-state index in [1.54, 1.807) is 17.4 Å². The molecular formula is C24H17ClN2O2S2. The number of thiazole rings is 1. The van der Waals surface area contributed by atoms with Crippen LogP contribution in [0.5, 0.6) is 5.75 Å². The van der Waals surface area contributed by atoms with Gasteiger partial charge in [0.25, 0.3) is 5.56 Å². The molecule has 7 heteroatoms. The molecule has 0 unspecified atom stereocenters. The predicted molar refractivity (Wildman–Crippen MR) is 130 cm³/mol. The summed E-state index contributed by atoms with van der Waals surface area (Å²) in [6.07, 6.45) is 0. The van der Waals surface area contributed by atoms with Crippen LogP contribution in [0.1, 0.15) is 6.92 Å². The molecule has 0 aliphatic carbocycles. The van der Waals surface area contributed by atoms with Crippen LogP contribution in [0.25, 0.3) is 32.2 Å². The maximum absolute atomic E-state index is 13.1. The fourth-order valence-corrected chi connectivity index (χ4v) is 5.88. The van der Waals surface area contributed by atoms with E-state index in [4.69, 9.17) is 21.3 Å². The molecule has 31 heavy (non-hydrogen) atoms. The van der Waals surface area contributed by atoms with Crippen LogP contribution >= 0.6 is 34.7 Å². The minimum atomic E-state index is -0.145. The number of hydrogen-bond acceptors (Lipinski definition) is 5. The number of benzene rings is 3. The zero-order valence-corrected chi connectivity index (χ0v) is 18.9. The SMILES string of the molecule is CCOc1ccc2nc(Sc3c(-c4ccccc4)c4cc(Cl)ccc4[nH]c3=O)sc2c1. The molecule has 154 valence electrons. The molecule has 5 aromatic rings. The first-order valence-corrected chi connectivity index (χ1v) is 11.8. The molecule has 0 atom stereocenters. The standard InChI is InChI=1S/C24H17ClN2O2S2/c1-2-29-16-9-11-19-20(13-16)30-24(27-19)31-22-21(14-6-4-3-5-7-14)17-12-15(25)8-10-18(17)26-23(22)28/h3-13H,2H2,1H3,(H,26,28). The van der Waals surface area contributed by atoms with Crippen molar-refractivity contribution in [3.63, 3.8) is 0 Å². The van der Waals surface area contributed by atoms with E-state index in [2.05, 4.69) is 4.98 Å². The lowest BCUT2D eigenvalue weighted by molar-refractivity contribution is 0.341. The second-order valence-corrected chi connectivity index (χ2v) is 9.58. The van der Waals surface area contributed by atoms with E-state index >= 15 is 0 Å². The lowest BCUT2D eigenvalue weighted by Gasteiger charge is -2.12. The van der Waals surface area contributed by atoms with E-state index in [-0.39, 0.29) is 5.56 Å². The average molecular weight is 465 g/mol. The summed E-state index contributed by atoms with van der Waals surface area (Å²) in [5.74, 6) is 0.818. The van der Waals surface area contributed by atoms with E-state index in [1.165, 1.54) is 11.8 Å². The van der Waals surface area contributed by atoms with Crippen molar-refractivity contribution in [2.45, 2.75) is 16.2 Å². The number of rotatable bonds is 5. The number of fused-ring (bicyclic) bond motifs is 2. The Morgan fingerprint density at radius 3 is 2.74 bits per heavy atom. The van der Waals surface area contributed by atoms with E-state index in [9.17, 15) is 4.79 Å². The number of nitrogens with one attached hydrogen (secondary N) is 1. The zero-order valence-electron chi connectivity index (χ0n) is 16.5. The van der Waals surface area contributed by atoms with E-state index < -0.39 is 0 Å². The van der Waals surface area contributed by atoms with Crippen molar-refractivity contribution in [1.82, 2.24) is 9.97 Å². The molecule has 2 heterocycles. The average Bonchev–Trinajstić information content (AvgIpc) is 3.17. The van der Waals surface area contributed by atoms with Crippen LogP contribution < -0.4 is 10.3 Å². The Morgan fingerprint density at radius 1 is 1.10 bits per heavy atom. The van der Waals surface area contributed by atoms with Gasteiger partial charge in [-0.2, -0.15) is 0 Å². The molecule has 0 amide bonds. The van der Waals surface area contributed by atoms with Crippen LogP contribution in [0.15, 0.2) is 80.8 Å². The first-order chi connectivity index (χ1) is 15.1. The third kappa shape index (κ3) is 3.94. The molecule has 1 N–H and O–H groups in total. The molecule has 0 saturated carbocycles. The zero-order chi connectivity index (χ0) is 21.4. The van der Waals surface area contributed by atoms with Crippen LogP contribution in [-0.4, -0.2) is 16.6 Å². The van der Waals surface area contributed by atoms with Gasteiger partial charge in [-0.05, 0) is 48.9 Å². The van der Waals surface area contributed by atoms with Crippen molar-refractivity contribution in [2.75, 3.05) is 6.61 Å². The van der Waals surface area contributed by atoms with Crippen molar-refractivity contribution in [2.24, 2.45) is 0 Å². The molecule has 0 spiro atoms. The Morgan fingerprint density at radius 2 is 1.94 bits per heavy atom. The minimum absolute atomic E-state index is 0.145. The molecular weight excluding hydrogens is 448 g/mol. The number of hydrogen-bond donors (Lipinski definition) is 1. The van der Waals surface area contributed by atoms with E-state index in [0.717, 1.165) is 42.3 Å². The number of aromatic nitrogens is 2. The van der Waals surface area contributed by atoms with Gasteiger partial charge in [0.15, 0.2) is 4.34 Å². The molecule has 2 aromatic heterocycles. The Hall–Kier alpha value is -2.80. The van der Waals surface area contributed by atoms with Gasteiger partial charge in [-0.25, -0.2) is 4.98 Å². The Bertz CT molecular complexity index is 1460. The van der Waals surface area contributed by atoms with Gasteiger partial charge in [0.2, 0.25) is 0 Å². The molecule has 4 nitrogen and oxygen atoms in total. The van der Waals surface area contributed by atoms with Gasteiger partial charge in [-0.15, -0.1) is 11.3 Å². The summed E-state index contributed by atoms with van der Waals surface area (Å²) < 4.78 is 7.42. The van der Waals surface area contributed by atoms with Crippen LogP contribution in [0.3, 0.4) is 0 Å². The summed E-state index contributed by atoms with van der Waals surface area (Å²) in [6.45, 7) is 2.57. The highest BCUT2D eigenvalue weighted by Crippen LogP contribution is 2.41. The van der Waals surface area contributed by atoms with Crippen LogP contribution in [0.2, 0.25) is 5.02 Å². The largest absolute Gasteiger partial charge is 0.494 e. The van der Waals surface area contributed by atoms with Gasteiger partial charge in [-0.3, -0.25) is 4.79 Å². The lowest BCUT2D eigenvalue weighted by atomic mass is 10.0. The summed E-state index contributed by atoms with van der Waals surface area (Å²) in [7, 11) is 0. The predicted octanol–water partition coefficient (Wildman–Crippen LogP) is 7.01. The highest BCUT2D eigenvalue weighted by Gasteiger charge is 2.18. The van der Waals surface area contributed by atoms with Gasteiger partial charge < -0.3 is 9.72 Å². The number of nitrogens with zero attached hydrogens (tertiary/aromatic N) is 1. The third-order valence-corrected chi connectivity index (χ3v) is 7.24. The molecule has 0 aliphatic heterocycles. The first kappa shape index (κ1) is 20.1. The fraction of sp³-hybridized carbons (Fsp3) is 0.0833. The van der Waals surface area contributed by atoms with Gasteiger partial charge in [-0.1, -0.05) is 53.7 Å². The Kier molecular flexibility index (Phi) is 5.44. The molecule has 0 bridgehead atoms. The number of halogens is 1. The lowest BCUT2D eigenvalue weighted by Crippen LogP contribution is -2.10. The molecule has 5 rings (SSSR count). The van der Waals surface area contributed by atoms with Crippen LogP contribution in [0.4, 0.5) is 0 Å². The topological polar surface area (TPSA) is 55.0 Å². The maximum atomic E-state index is 13.1. The number of pyridine rings is 1. The summed E-state index contributed by atoms with van der Waals surface area (Å²) in [5.41, 5.74) is 3.32. The van der Waals surface area contributed by atoms with Crippen LogP contribution in [0, 0.1) is 0 Å². The summed E-state index contributed by atoms with van der Waals surface area (Å²) >= 11 is 9.23. The molecule has 0 saturated heterocycles. The summed E-state index contributed by atoms with van der Waals surface area (Å²) in [6, 6.07) is 21.3. The van der Waals surface area contributed by atoms with Gasteiger partial charge >= 0.3 is 0 Å². The first-order valence-electron chi connectivity index (χ1n) is 9.74. The Balaban J connectivity index is 1.68. The quantitative estimate of drug-likeness (QED) is 0.304. The van der Waals surface area contributed by atoms with E-state index in [1.807, 2.05) is 67.6 Å². The van der Waals surface area contributed by atoms with Gasteiger partial charge in [0.1, 0.15) is 5.75 Å². The highest BCUT2D eigenvalue weighted by molar-refractivity contribution is 8.01. The molecule has 0 aliphatic rings. The van der Waals surface area contributed by atoms with Crippen molar-refractivity contribution >= 4 is 55.8 Å². The van der Waals surface area contributed by atoms with E-state index in [0.29, 0.717) is 16.5 Å². The fourth-order valence-electron chi connectivity index (χ4n) is 3.51. The number of aromatic amines is 1.